The normalized spacial score (nSPS) is 20.8. The summed E-state index contributed by atoms with van der Waals surface area (Å²) in [5.41, 5.74) is 4.53. The summed E-state index contributed by atoms with van der Waals surface area (Å²) in [7, 11) is 0. The SMILES string of the molecule is CCOC(=O)c1cnc2[nH]ccc2c1NC1CCCCC1(C)C.CCOC(=O)c1cnc2[nH]ccc2c1N[C@H]1CCCC[C@H]1CC. The van der Waals surface area contributed by atoms with Crippen molar-refractivity contribution in [1.82, 2.24) is 19.9 Å². The molecule has 0 spiro atoms. The molecular formula is C36H50N6O4. The van der Waals surface area contributed by atoms with Gasteiger partial charge in [0.2, 0.25) is 0 Å². The molecule has 4 aromatic heterocycles. The fourth-order valence-corrected chi connectivity index (χ4v) is 7.06. The van der Waals surface area contributed by atoms with Gasteiger partial charge in [0.25, 0.3) is 0 Å². The van der Waals surface area contributed by atoms with Gasteiger partial charge < -0.3 is 30.1 Å². The minimum Gasteiger partial charge on any atom is -0.462 e. The number of aromatic amines is 2. The van der Waals surface area contributed by atoms with E-state index in [2.05, 4.69) is 51.3 Å². The number of hydrogen-bond donors (Lipinski definition) is 4. The second-order valence-corrected chi connectivity index (χ2v) is 13.1. The summed E-state index contributed by atoms with van der Waals surface area (Å²) < 4.78 is 10.4. The van der Waals surface area contributed by atoms with Gasteiger partial charge in [-0.25, -0.2) is 19.6 Å². The van der Waals surface area contributed by atoms with E-state index in [0.29, 0.717) is 42.3 Å². The molecule has 4 N–H and O–H groups in total. The van der Waals surface area contributed by atoms with Gasteiger partial charge in [0, 0.05) is 47.6 Å². The van der Waals surface area contributed by atoms with Crippen LogP contribution >= 0.6 is 0 Å². The number of esters is 2. The van der Waals surface area contributed by atoms with Crippen LogP contribution in [0.1, 0.15) is 113 Å². The first-order valence-electron chi connectivity index (χ1n) is 17.1. The maximum absolute atomic E-state index is 12.3. The number of pyridine rings is 2. The van der Waals surface area contributed by atoms with Gasteiger partial charge in [-0.2, -0.15) is 0 Å². The van der Waals surface area contributed by atoms with Crippen LogP contribution in [0.2, 0.25) is 0 Å². The first-order valence-corrected chi connectivity index (χ1v) is 17.1. The summed E-state index contributed by atoms with van der Waals surface area (Å²) >= 11 is 0. The fourth-order valence-electron chi connectivity index (χ4n) is 7.06. The average Bonchev–Trinajstić information content (AvgIpc) is 3.73. The zero-order valence-corrected chi connectivity index (χ0v) is 28.0. The number of fused-ring (bicyclic) bond motifs is 2. The van der Waals surface area contributed by atoms with Crippen LogP contribution in [0.4, 0.5) is 11.4 Å². The maximum Gasteiger partial charge on any atom is 0.341 e. The highest BCUT2D eigenvalue weighted by Crippen LogP contribution is 2.39. The van der Waals surface area contributed by atoms with Gasteiger partial charge in [0.15, 0.2) is 0 Å². The number of nitrogens with one attached hydrogen (secondary N) is 4. The van der Waals surface area contributed by atoms with Crippen molar-refractivity contribution in [2.24, 2.45) is 11.3 Å². The van der Waals surface area contributed by atoms with Gasteiger partial charge in [-0.15, -0.1) is 0 Å². The van der Waals surface area contributed by atoms with Gasteiger partial charge in [0.05, 0.1) is 24.6 Å². The number of nitrogens with zero attached hydrogens (tertiary/aromatic N) is 2. The minimum atomic E-state index is -0.320. The molecule has 0 aromatic carbocycles. The minimum absolute atomic E-state index is 0.204. The Morgan fingerprint density at radius 2 is 1.35 bits per heavy atom. The van der Waals surface area contributed by atoms with Crippen molar-refractivity contribution < 1.29 is 19.1 Å². The zero-order valence-electron chi connectivity index (χ0n) is 28.0. The van der Waals surface area contributed by atoms with Crippen molar-refractivity contribution in [3.8, 4) is 0 Å². The van der Waals surface area contributed by atoms with Crippen LogP contribution in [0, 0.1) is 11.3 Å². The van der Waals surface area contributed by atoms with Crippen molar-refractivity contribution in [2.75, 3.05) is 23.8 Å². The number of carbonyl (C=O) groups is 2. The highest BCUT2D eigenvalue weighted by atomic mass is 16.5. The van der Waals surface area contributed by atoms with E-state index < -0.39 is 0 Å². The summed E-state index contributed by atoms with van der Waals surface area (Å²) in [6.45, 7) is 11.2. The number of ether oxygens (including phenoxy) is 2. The number of H-pyrrole nitrogens is 2. The Balaban J connectivity index is 0.000000181. The third-order valence-electron chi connectivity index (χ3n) is 9.75. The maximum atomic E-state index is 12.3. The van der Waals surface area contributed by atoms with Gasteiger partial charge in [-0.3, -0.25) is 0 Å². The highest BCUT2D eigenvalue weighted by Gasteiger charge is 2.33. The summed E-state index contributed by atoms with van der Waals surface area (Å²) in [6.07, 6.45) is 17.8. The van der Waals surface area contributed by atoms with Gasteiger partial charge in [-0.1, -0.05) is 52.9 Å². The first kappa shape index (κ1) is 33.3. The molecule has 4 aromatic rings. The Kier molecular flexibility index (Phi) is 10.9. The molecule has 3 atom stereocenters. The Morgan fingerprint density at radius 3 is 1.89 bits per heavy atom. The highest BCUT2D eigenvalue weighted by molar-refractivity contribution is 6.05. The molecule has 10 heteroatoms. The molecular weight excluding hydrogens is 580 g/mol. The molecule has 0 radical (unpaired) electrons. The number of anilines is 2. The Hall–Kier alpha value is -4.08. The Bertz CT molecular complexity index is 1630. The molecule has 4 heterocycles. The van der Waals surface area contributed by atoms with Crippen molar-refractivity contribution in [3.63, 3.8) is 0 Å². The quantitative estimate of drug-likeness (QED) is 0.136. The molecule has 248 valence electrons. The largest absolute Gasteiger partial charge is 0.462 e. The molecule has 0 amide bonds. The summed E-state index contributed by atoms with van der Waals surface area (Å²) in [5, 5.41) is 9.20. The van der Waals surface area contributed by atoms with Crippen LogP contribution < -0.4 is 10.6 Å². The van der Waals surface area contributed by atoms with Gasteiger partial charge in [-0.05, 0) is 63.0 Å². The number of aromatic nitrogens is 4. The lowest BCUT2D eigenvalue weighted by Crippen LogP contribution is -2.39. The van der Waals surface area contributed by atoms with Crippen LogP contribution in [0.5, 0.6) is 0 Å². The lowest BCUT2D eigenvalue weighted by atomic mass is 9.73. The summed E-state index contributed by atoms with van der Waals surface area (Å²) in [5.74, 6) is 0.0228. The van der Waals surface area contributed by atoms with Crippen molar-refractivity contribution in [2.45, 2.75) is 104 Å². The smallest absolute Gasteiger partial charge is 0.341 e. The molecule has 0 saturated heterocycles. The average molecular weight is 631 g/mol. The lowest BCUT2D eigenvalue weighted by molar-refractivity contribution is 0.0517. The zero-order chi connectivity index (χ0) is 32.7. The van der Waals surface area contributed by atoms with E-state index in [1.165, 1.54) is 38.5 Å². The number of rotatable bonds is 9. The molecule has 10 nitrogen and oxygen atoms in total. The molecule has 2 saturated carbocycles. The summed E-state index contributed by atoms with van der Waals surface area (Å²) in [4.78, 5) is 39.5. The molecule has 0 bridgehead atoms. The molecule has 0 aliphatic heterocycles. The fraction of sp³-hybridized carbons (Fsp3) is 0.556. The van der Waals surface area contributed by atoms with Crippen LogP contribution in [-0.4, -0.2) is 57.2 Å². The predicted molar refractivity (Wildman–Crippen MR) is 183 cm³/mol. The Labute approximate surface area is 271 Å². The predicted octanol–water partition coefficient (Wildman–Crippen LogP) is 8.24. The molecule has 2 fully saturated rings. The standard InChI is InChI=1S/2C18H25N3O2/c1-4-23-17(22)13-11-20-16-12(8-10-19-16)15(13)21-14-7-5-6-9-18(14,2)3;1-3-12-7-5-6-8-15(12)21-16-13-9-10-19-17(13)20-11-14(16)18(22)23-4-2/h8,10-11,14H,4-7,9H2,1-3H3,(H2,19,20,21);9-12,15H,3-8H2,1-2H3,(H2,19,20,21)/t;12-,15+/m.1/s1. The summed E-state index contributed by atoms with van der Waals surface area (Å²) in [6, 6.07) is 4.67. The van der Waals surface area contributed by atoms with Crippen molar-refractivity contribution in [3.05, 3.63) is 48.0 Å². The number of hydrogen-bond acceptors (Lipinski definition) is 8. The Morgan fingerprint density at radius 1 is 0.804 bits per heavy atom. The van der Waals surface area contributed by atoms with E-state index in [9.17, 15) is 9.59 Å². The lowest BCUT2D eigenvalue weighted by Gasteiger charge is -2.40. The number of carbonyl (C=O) groups excluding carboxylic acids is 2. The van der Waals surface area contributed by atoms with E-state index in [4.69, 9.17) is 9.47 Å². The molecule has 6 rings (SSSR count). The first-order chi connectivity index (χ1) is 22.3. The monoisotopic (exact) mass is 630 g/mol. The van der Waals surface area contributed by atoms with E-state index in [0.717, 1.165) is 52.7 Å². The van der Waals surface area contributed by atoms with Gasteiger partial charge in [0.1, 0.15) is 22.4 Å². The topological polar surface area (TPSA) is 134 Å². The van der Waals surface area contributed by atoms with E-state index in [1.54, 1.807) is 12.4 Å². The molecule has 2 aliphatic carbocycles. The van der Waals surface area contributed by atoms with Crippen LogP contribution in [0.15, 0.2) is 36.9 Å². The van der Waals surface area contributed by atoms with E-state index >= 15 is 0 Å². The molecule has 2 aliphatic rings. The van der Waals surface area contributed by atoms with Crippen LogP contribution in [0.3, 0.4) is 0 Å². The van der Waals surface area contributed by atoms with E-state index in [-0.39, 0.29) is 17.4 Å². The van der Waals surface area contributed by atoms with Gasteiger partial charge >= 0.3 is 11.9 Å². The van der Waals surface area contributed by atoms with E-state index in [1.807, 2.05) is 38.4 Å². The van der Waals surface area contributed by atoms with Crippen LogP contribution in [-0.2, 0) is 9.47 Å². The second-order valence-electron chi connectivity index (χ2n) is 13.1. The third-order valence-corrected chi connectivity index (χ3v) is 9.75. The molecule has 46 heavy (non-hydrogen) atoms. The van der Waals surface area contributed by atoms with Crippen LogP contribution in [0.25, 0.3) is 22.1 Å². The van der Waals surface area contributed by atoms with Crippen molar-refractivity contribution >= 4 is 45.4 Å². The van der Waals surface area contributed by atoms with Crippen molar-refractivity contribution in [1.29, 1.82) is 0 Å². The second kappa shape index (κ2) is 15.0. The molecule has 1 unspecified atom stereocenters. The third kappa shape index (κ3) is 7.32.